The van der Waals surface area contributed by atoms with Crippen molar-refractivity contribution in [3.05, 3.63) is 23.7 Å². The lowest BCUT2D eigenvalue weighted by molar-refractivity contribution is 0.121. The number of rotatable bonds is 5. The summed E-state index contributed by atoms with van der Waals surface area (Å²) in [5, 5.41) is 3.46. The van der Waals surface area contributed by atoms with Crippen molar-refractivity contribution in [3.63, 3.8) is 0 Å². The zero-order valence-electron chi connectivity index (χ0n) is 14.3. The zero-order chi connectivity index (χ0) is 15.5. The van der Waals surface area contributed by atoms with Crippen LogP contribution in [-0.4, -0.2) is 48.6 Å². The van der Waals surface area contributed by atoms with Crippen molar-refractivity contribution in [1.82, 2.24) is 15.1 Å². The second-order valence-electron chi connectivity index (χ2n) is 7.47. The van der Waals surface area contributed by atoms with Crippen molar-refractivity contribution >= 4 is 0 Å². The fourth-order valence-electron chi connectivity index (χ4n) is 2.77. The van der Waals surface area contributed by atoms with Gasteiger partial charge in [0.25, 0.3) is 0 Å². The molecule has 4 heteroatoms. The molecule has 0 amide bonds. The third-order valence-corrected chi connectivity index (χ3v) is 4.10. The summed E-state index contributed by atoms with van der Waals surface area (Å²) < 4.78 is 5.96. The Morgan fingerprint density at radius 3 is 2.67 bits per heavy atom. The Morgan fingerprint density at radius 1 is 1.29 bits per heavy atom. The first-order valence-electron chi connectivity index (χ1n) is 8.05. The molecule has 1 aliphatic rings. The van der Waals surface area contributed by atoms with Crippen LogP contribution in [0.3, 0.4) is 0 Å². The summed E-state index contributed by atoms with van der Waals surface area (Å²) >= 11 is 0. The van der Waals surface area contributed by atoms with Crippen molar-refractivity contribution < 1.29 is 4.42 Å². The maximum Gasteiger partial charge on any atom is 0.118 e. The van der Waals surface area contributed by atoms with Gasteiger partial charge in [0.15, 0.2) is 0 Å². The molecule has 2 rings (SSSR count). The SMILES string of the molecule is CN(C)C1CCCN(Cc2ccc(CNC(C)(C)C)o2)C1. The molecular formula is C17H31N3O. The Kier molecular flexibility index (Phi) is 5.47. The predicted molar refractivity (Wildman–Crippen MR) is 87.3 cm³/mol. The van der Waals surface area contributed by atoms with Crippen LogP contribution in [0, 0.1) is 0 Å². The molecule has 0 aromatic carbocycles. The van der Waals surface area contributed by atoms with Crippen LogP contribution in [0.5, 0.6) is 0 Å². The largest absolute Gasteiger partial charge is 0.463 e. The van der Waals surface area contributed by atoms with Crippen LogP contribution in [0.25, 0.3) is 0 Å². The Bertz CT molecular complexity index is 433. The van der Waals surface area contributed by atoms with E-state index >= 15 is 0 Å². The van der Waals surface area contributed by atoms with Gasteiger partial charge >= 0.3 is 0 Å². The molecule has 0 spiro atoms. The lowest BCUT2D eigenvalue weighted by Crippen LogP contribution is -2.44. The molecule has 4 nitrogen and oxygen atoms in total. The van der Waals surface area contributed by atoms with E-state index in [1.54, 1.807) is 0 Å². The van der Waals surface area contributed by atoms with Gasteiger partial charge in [-0.05, 0) is 66.4 Å². The number of hydrogen-bond acceptors (Lipinski definition) is 4. The van der Waals surface area contributed by atoms with Gasteiger partial charge in [0.1, 0.15) is 11.5 Å². The van der Waals surface area contributed by atoms with Crippen LogP contribution in [0.4, 0.5) is 0 Å². The quantitative estimate of drug-likeness (QED) is 0.904. The molecule has 1 aliphatic heterocycles. The van der Waals surface area contributed by atoms with Crippen molar-refractivity contribution in [2.45, 2.75) is 58.3 Å². The molecule has 1 atom stereocenters. The average Bonchev–Trinajstić information content (AvgIpc) is 2.83. The predicted octanol–water partition coefficient (Wildman–Crippen LogP) is 2.69. The van der Waals surface area contributed by atoms with E-state index in [2.05, 4.69) is 62.1 Å². The molecule has 0 bridgehead atoms. The summed E-state index contributed by atoms with van der Waals surface area (Å²) in [6.07, 6.45) is 2.59. The van der Waals surface area contributed by atoms with Crippen LogP contribution in [0.15, 0.2) is 16.5 Å². The van der Waals surface area contributed by atoms with Gasteiger partial charge in [0.2, 0.25) is 0 Å². The van der Waals surface area contributed by atoms with E-state index in [4.69, 9.17) is 4.42 Å². The molecule has 0 radical (unpaired) electrons. The number of likely N-dealkylation sites (N-methyl/N-ethyl adjacent to an activating group) is 1. The summed E-state index contributed by atoms with van der Waals surface area (Å²) in [4.78, 5) is 4.85. The number of nitrogens with one attached hydrogen (secondary N) is 1. The number of hydrogen-bond donors (Lipinski definition) is 1. The Balaban J connectivity index is 1.84. The van der Waals surface area contributed by atoms with Gasteiger partial charge in [-0.15, -0.1) is 0 Å². The number of nitrogens with zero attached hydrogens (tertiary/aromatic N) is 2. The van der Waals surface area contributed by atoms with Gasteiger partial charge in [0.05, 0.1) is 13.1 Å². The molecule has 21 heavy (non-hydrogen) atoms. The van der Waals surface area contributed by atoms with Gasteiger partial charge in [-0.3, -0.25) is 4.90 Å². The van der Waals surface area contributed by atoms with E-state index in [-0.39, 0.29) is 5.54 Å². The topological polar surface area (TPSA) is 31.6 Å². The zero-order valence-corrected chi connectivity index (χ0v) is 14.3. The second-order valence-corrected chi connectivity index (χ2v) is 7.47. The lowest BCUT2D eigenvalue weighted by Gasteiger charge is -2.35. The summed E-state index contributed by atoms with van der Waals surface area (Å²) in [5.74, 6) is 2.11. The molecular weight excluding hydrogens is 262 g/mol. The Hall–Kier alpha value is -0.840. The van der Waals surface area contributed by atoms with Crippen LogP contribution >= 0.6 is 0 Å². The highest BCUT2D eigenvalue weighted by Crippen LogP contribution is 2.18. The molecule has 120 valence electrons. The van der Waals surface area contributed by atoms with E-state index < -0.39 is 0 Å². The molecule has 2 heterocycles. The fourth-order valence-corrected chi connectivity index (χ4v) is 2.77. The van der Waals surface area contributed by atoms with Crippen molar-refractivity contribution in [1.29, 1.82) is 0 Å². The normalized spacial score (nSPS) is 21.1. The number of likely N-dealkylation sites (tertiary alicyclic amines) is 1. The molecule has 1 N–H and O–H groups in total. The Labute approximate surface area is 129 Å². The van der Waals surface area contributed by atoms with Crippen LogP contribution < -0.4 is 5.32 Å². The minimum atomic E-state index is 0.124. The van der Waals surface area contributed by atoms with Crippen molar-refractivity contribution in [3.8, 4) is 0 Å². The van der Waals surface area contributed by atoms with Crippen LogP contribution in [-0.2, 0) is 13.1 Å². The maximum absolute atomic E-state index is 5.96. The van der Waals surface area contributed by atoms with Gasteiger partial charge < -0.3 is 14.6 Å². The fraction of sp³-hybridized carbons (Fsp3) is 0.765. The molecule has 0 saturated carbocycles. The average molecular weight is 293 g/mol. The third kappa shape index (κ3) is 5.46. The summed E-state index contributed by atoms with van der Waals surface area (Å²) in [7, 11) is 4.36. The van der Waals surface area contributed by atoms with Crippen molar-refractivity contribution in [2.75, 3.05) is 27.2 Å². The molecule has 1 aromatic rings. The highest BCUT2D eigenvalue weighted by atomic mass is 16.3. The van der Waals surface area contributed by atoms with E-state index in [1.807, 2.05) is 0 Å². The molecule has 1 fully saturated rings. The standard InChI is InChI=1S/C17H31N3O/c1-17(2,3)18-11-15-8-9-16(21-15)13-20-10-6-7-14(12-20)19(4)5/h8-9,14,18H,6-7,10-13H2,1-5H3. The monoisotopic (exact) mass is 293 g/mol. The second kappa shape index (κ2) is 6.95. The van der Waals surface area contributed by atoms with E-state index in [9.17, 15) is 0 Å². The molecule has 1 aromatic heterocycles. The first kappa shape index (κ1) is 16.5. The van der Waals surface area contributed by atoms with Crippen LogP contribution in [0.1, 0.15) is 45.1 Å². The number of furan rings is 1. The van der Waals surface area contributed by atoms with Crippen LogP contribution in [0.2, 0.25) is 0 Å². The van der Waals surface area contributed by atoms with Gasteiger partial charge in [-0.2, -0.15) is 0 Å². The highest BCUT2D eigenvalue weighted by Gasteiger charge is 2.22. The van der Waals surface area contributed by atoms with Gasteiger partial charge in [-0.1, -0.05) is 0 Å². The molecule has 1 saturated heterocycles. The summed E-state index contributed by atoms with van der Waals surface area (Å²) in [6.45, 7) is 10.6. The highest BCUT2D eigenvalue weighted by molar-refractivity contribution is 5.07. The first-order chi connectivity index (χ1) is 9.83. The van der Waals surface area contributed by atoms with Crippen molar-refractivity contribution in [2.24, 2.45) is 0 Å². The Morgan fingerprint density at radius 2 is 2.00 bits per heavy atom. The number of piperidine rings is 1. The first-order valence-corrected chi connectivity index (χ1v) is 8.05. The summed E-state index contributed by atoms with van der Waals surface area (Å²) in [6, 6.07) is 4.90. The minimum Gasteiger partial charge on any atom is -0.463 e. The van der Waals surface area contributed by atoms with Gasteiger partial charge in [-0.25, -0.2) is 0 Å². The lowest BCUT2D eigenvalue weighted by atomic mass is 10.0. The minimum absolute atomic E-state index is 0.124. The van der Waals surface area contributed by atoms with E-state index in [1.165, 1.54) is 19.4 Å². The van der Waals surface area contributed by atoms with E-state index in [0.717, 1.165) is 31.2 Å². The van der Waals surface area contributed by atoms with E-state index in [0.29, 0.717) is 6.04 Å². The maximum atomic E-state index is 5.96. The summed E-state index contributed by atoms with van der Waals surface area (Å²) in [5.41, 5.74) is 0.124. The molecule has 1 unspecified atom stereocenters. The smallest absolute Gasteiger partial charge is 0.118 e. The molecule has 0 aliphatic carbocycles. The van der Waals surface area contributed by atoms with Gasteiger partial charge in [0, 0.05) is 18.1 Å². The third-order valence-electron chi connectivity index (χ3n) is 4.10.